The van der Waals surface area contributed by atoms with E-state index in [1.165, 1.54) is 6.07 Å². The summed E-state index contributed by atoms with van der Waals surface area (Å²) >= 11 is 0. The average molecular weight is 224 g/mol. The maximum absolute atomic E-state index is 13.0. The van der Waals surface area contributed by atoms with Crippen molar-refractivity contribution in [3.8, 4) is 0 Å². The summed E-state index contributed by atoms with van der Waals surface area (Å²) in [6.45, 7) is 0. The van der Waals surface area contributed by atoms with Gasteiger partial charge in [-0.25, -0.2) is 8.78 Å². The molecule has 0 aromatic heterocycles. The van der Waals surface area contributed by atoms with Crippen LogP contribution < -0.4 is 0 Å². The molecule has 1 aliphatic rings. The molecule has 0 saturated carbocycles. The third kappa shape index (κ3) is 2.30. The molecule has 2 rings (SSSR count). The Bertz CT molecular complexity index is 412. The third-order valence-corrected chi connectivity index (χ3v) is 2.94. The van der Waals surface area contributed by atoms with E-state index in [-0.39, 0.29) is 0 Å². The molecule has 3 heteroatoms. The van der Waals surface area contributed by atoms with Gasteiger partial charge in [0.15, 0.2) is 11.6 Å². The van der Waals surface area contributed by atoms with Gasteiger partial charge in [-0.2, -0.15) is 0 Å². The van der Waals surface area contributed by atoms with E-state index in [4.69, 9.17) is 0 Å². The van der Waals surface area contributed by atoms with Gasteiger partial charge in [-0.15, -0.1) is 0 Å². The summed E-state index contributed by atoms with van der Waals surface area (Å²) in [6.07, 6.45) is 5.17. The third-order valence-electron chi connectivity index (χ3n) is 2.94. The highest BCUT2D eigenvalue weighted by atomic mass is 19.2. The summed E-state index contributed by atoms with van der Waals surface area (Å²) in [5.41, 5.74) is 1.34. The first-order valence-corrected chi connectivity index (χ1v) is 5.50. The molecule has 1 atom stereocenters. The monoisotopic (exact) mass is 224 g/mol. The molecule has 0 aliphatic heterocycles. The van der Waals surface area contributed by atoms with Crippen LogP contribution in [0.15, 0.2) is 29.8 Å². The molecule has 1 aromatic rings. The van der Waals surface area contributed by atoms with Crippen LogP contribution in [0.1, 0.15) is 37.4 Å². The second-order valence-corrected chi connectivity index (χ2v) is 4.10. The van der Waals surface area contributed by atoms with E-state index >= 15 is 0 Å². The van der Waals surface area contributed by atoms with Crippen molar-refractivity contribution in [1.82, 2.24) is 0 Å². The molecule has 0 fully saturated rings. The summed E-state index contributed by atoms with van der Waals surface area (Å²) in [7, 11) is 0. The van der Waals surface area contributed by atoms with E-state index in [0.29, 0.717) is 5.56 Å². The number of aliphatic hydroxyl groups is 1. The van der Waals surface area contributed by atoms with Gasteiger partial charge in [0.25, 0.3) is 0 Å². The molecule has 1 unspecified atom stereocenters. The van der Waals surface area contributed by atoms with Gasteiger partial charge in [-0.1, -0.05) is 12.1 Å². The van der Waals surface area contributed by atoms with Crippen molar-refractivity contribution in [3.63, 3.8) is 0 Å². The number of rotatable bonds is 2. The normalized spacial score (nSPS) is 18.1. The molecule has 0 bridgehead atoms. The maximum atomic E-state index is 13.0. The number of halogens is 2. The molecular weight excluding hydrogens is 210 g/mol. The second kappa shape index (κ2) is 4.74. The van der Waals surface area contributed by atoms with E-state index in [1.807, 2.05) is 6.08 Å². The van der Waals surface area contributed by atoms with Crippen molar-refractivity contribution < 1.29 is 13.9 Å². The zero-order valence-corrected chi connectivity index (χ0v) is 8.92. The first-order valence-electron chi connectivity index (χ1n) is 5.50. The Morgan fingerprint density at radius 1 is 1.12 bits per heavy atom. The van der Waals surface area contributed by atoms with Gasteiger partial charge in [0, 0.05) is 0 Å². The quantitative estimate of drug-likeness (QED) is 0.762. The van der Waals surface area contributed by atoms with Gasteiger partial charge in [-0.3, -0.25) is 0 Å². The zero-order chi connectivity index (χ0) is 11.5. The molecule has 86 valence electrons. The van der Waals surface area contributed by atoms with E-state index < -0.39 is 17.7 Å². The zero-order valence-electron chi connectivity index (χ0n) is 8.92. The molecule has 1 N–H and O–H groups in total. The molecule has 0 spiro atoms. The Hall–Kier alpha value is -1.22. The van der Waals surface area contributed by atoms with Crippen molar-refractivity contribution in [3.05, 3.63) is 47.0 Å². The standard InChI is InChI=1S/C13H14F2O/c14-11-7-6-10(8-12(11)15)13(16)9-4-2-1-3-5-9/h4,6-8,13,16H,1-3,5H2. The predicted molar refractivity (Wildman–Crippen MR) is 57.9 cm³/mol. The minimum absolute atomic E-state index is 0.423. The Morgan fingerprint density at radius 3 is 2.56 bits per heavy atom. The van der Waals surface area contributed by atoms with Crippen molar-refractivity contribution in [2.45, 2.75) is 31.8 Å². The van der Waals surface area contributed by atoms with Crippen LogP contribution in [0.25, 0.3) is 0 Å². The number of benzene rings is 1. The van der Waals surface area contributed by atoms with Crippen LogP contribution in [-0.4, -0.2) is 5.11 Å². The Labute approximate surface area is 93.4 Å². The Morgan fingerprint density at radius 2 is 1.94 bits per heavy atom. The van der Waals surface area contributed by atoms with Crippen LogP contribution in [0.5, 0.6) is 0 Å². The van der Waals surface area contributed by atoms with Gasteiger partial charge in [0.1, 0.15) is 6.10 Å². The first-order chi connectivity index (χ1) is 7.68. The van der Waals surface area contributed by atoms with Crippen LogP contribution >= 0.6 is 0 Å². The minimum atomic E-state index is -0.909. The summed E-state index contributed by atoms with van der Waals surface area (Å²) in [5, 5.41) is 10.0. The van der Waals surface area contributed by atoms with Gasteiger partial charge < -0.3 is 5.11 Å². The van der Waals surface area contributed by atoms with Crippen LogP contribution in [0.3, 0.4) is 0 Å². The second-order valence-electron chi connectivity index (χ2n) is 4.10. The Kier molecular flexibility index (Phi) is 3.34. The van der Waals surface area contributed by atoms with Crippen LogP contribution in [0, 0.1) is 11.6 Å². The van der Waals surface area contributed by atoms with Crippen LogP contribution in [-0.2, 0) is 0 Å². The predicted octanol–water partition coefficient (Wildman–Crippen LogP) is 3.50. The van der Waals surface area contributed by atoms with E-state index in [1.54, 1.807) is 0 Å². The maximum Gasteiger partial charge on any atom is 0.159 e. The highest BCUT2D eigenvalue weighted by Crippen LogP contribution is 2.30. The fraction of sp³-hybridized carbons (Fsp3) is 0.385. The SMILES string of the molecule is OC(C1=CCCCC1)c1ccc(F)c(F)c1. The largest absolute Gasteiger partial charge is 0.384 e. The number of hydrogen-bond acceptors (Lipinski definition) is 1. The van der Waals surface area contributed by atoms with Gasteiger partial charge in [0.2, 0.25) is 0 Å². The fourth-order valence-corrected chi connectivity index (χ4v) is 2.01. The van der Waals surface area contributed by atoms with Crippen molar-refractivity contribution >= 4 is 0 Å². The average Bonchev–Trinajstić information content (AvgIpc) is 2.33. The molecule has 0 saturated heterocycles. The van der Waals surface area contributed by atoms with Gasteiger partial charge in [-0.05, 0) is 49.0 Å². The topological polar surface area (TPSA) is 20.2 Å². The lowest BCUT2D eigenvalue weighted by Crippen LogP contribution is -2.05. The molecule has 0 radical (unpaired) electrons. The number of aliphatic hydroxyl groups excluding tert-OH is 1. The summed E-state index contributed by atoms with van der Waals surface area (Å²) in [6, 6.07) is 3.55. The Balaban J connectivity index is 2.22. The van der Waals surface area contributed by atoms with Crippen LogP contribution in [0.4, 0.5) is 8.78 Å². The number of allylic oxidation sites excluding steroid dienone is 1. The number of hydrogen-bond donors (Lipinski definition) is 1. The van der Waals surface area contributed by atoms with Crippen molar-refractivity contribution in [1.29, 1.82) is 0 Å². The molecule has 1 aromatic carbocycles. The van der Waals surface area contributed by atoms with Gasteiger partial charge >= 0.3 is 0 Å². The smallest absolute Gasteiger partial charge is 0.159 e. The van der Waals surface area contributed by atoms with E-state index in [9.17, 15) is 13.9 Å². The van der Waals surface area contributed by atoms with Crippen molar-refractivity contribution in [2.24, 2.45) is 0 Å². The molecule has 1 aliphatic carbocycles. The lowest BCUT2D eigenvalue weighted by molar-refractivity contribution is 0.207. The highest BCUT2D eigenvalue weighted by Gasteiger charge is 2.16. The van der Waals surface area contributed by atoms with Crippen LogP contribution in [0.2, 0.25) is 0 Å². The summed E-state index contributed by atoms with van der Waals surface area (Å²) in [4.78, 5) is 0. The molecule has 1 nitrogen and oxygen atoms in total. The lowest BCUT2D eigenvalue weighted by Gasteiger charge is -2.19. The summed E-state index contributed by atoms with van der Waals surface area (Å²) < 4.78 is 25.7. The van der Waals surface area contributed by atoms with Crippen molar-refractivity contribution in [2.75, 3.05) is 0 Å². The van der Waals surface area contributed by atoms with E-state index in [2.05, 4.69) is 0 Å². The van der Waals surface area contributed by atoms with E-state index in [0.717, 1.165) is 43.4 Å². The summed E-state index contributed by atoms with van der Waals surface area (Å²) in [5.74, 6) is -1.79. The molecule has 0 heterocycles. The fourth-order valence-electron chi connectivity index (χ4n) is 2.01. The molecule has 16 heavy (non-hydrogen) atoms. The first kappa shape index (κ1) is 11.3. The highest BCUT2D eigenvalue weighted by molar-refractivity contribution is 5.27. The lowest BCUT2D eigenvalue weighted by atomic mass is 9.92. The molecular formula is C13H14F2O. The van der Waals surface area contributed by atoms with Gasteiger partial charge in [0.05, 0.1) is 0 Å². The minimum Gasteiger partial charge on any atom is -0.384 e. The molecule has 0 amide bonds.